The Balaban J connectivity index is 2.32. The number of aliphatic hydroxyl groups is 1. The van der Waals surface area contributed by atoms with Crippen LogP contribution in [0.4, 0.5) is 14.5 Å². The van der Waals surface area contributed by atoms with E-state index in [0.717, 1.165) is 4.47 Å². The van der Waals surface area contributed by atoms with E-state index in [1.807, 2.05) is 0 Å². The molecule has 1 aromatic rings. The molecule has 0 aliphatic rings. The highest BCUT2D eigenvalue weighted by Crippen LogP contribution is 2.14. The zero-order valence-electron chi connectivity index (χ0n) is 9.42. The summed E-state index contributed by atoms with van der Waals surface area (Å²) >= 11 is 3.25. The molecule has 4 nitrogen and oxygen atoms in total. The van der Waals surface area contributed by atoms with Crippen molar-refractivity contribution in [3.8, 4) is 0 Å². The Morgan fingerprint density at radius 2 is 1.94 bits per heavy atom. The minimum absolute atomic E-state index is 0.244. The van der Waals surface area contributed by atoms with Crippen LogP contribution in [0.3, 0.4) is 0 Å². The number of nitrogens with one attached hydrogen (secondary N) is 2. The first-order valence-electron chi connectivity index (χ1n) is 5.18. The maximum atomic E-state index is 12.6. The normalized spacial score (nSPS) is 11.3. The molecular formula is C11H13BrF2N2O2. The van der Waals surface area contributed by atoms with Gasteiger partial charge in [-0.25, -0.2) is 8.78 Å². The van der Waals surface area contributed by atoms with Gasteiger partial charge in [0.1, 0.15) is 6.61 Å². The van der Waals surface area contributed by atoms with Crippen molar-refractivity contribution in [2.75, 3.05) is 25.0 Å². The monoisotopic (exact) mass is 322 g/mol. The van der Waals surface area contributed by atoms with Gasteiger partial charge < -0.3 is 15.7 Å². The predicted molar refractivity (Wildman–Crippen MR) is 67.7 cm³/mol. The van der Waals surface area contributed by atoms with Gasteiger partial charge in [-0.3, -0.25) is 4.79 Å². The van der Waals surface area contributed by atoms with Gasteiger partial charge in [-0.15, -0.1) is 0 Å². The summed E-state index contributed by atoms with van der Waals surface area (Å²) in [6.45, 7) is -2.22. The van der Waals surface area contributed by atoms with E-state index in [0.29, 0.717) is 5.69 Å². The second-order valence-electron chi connectivity index (χ2n) is 3.67. The summed E-state index contributed by atoms with van der Waals surface area (Å²) in [6, 6.07) is 6.88. The highest BCUT2D eigenvalue weighted by molar-refractivity contribution is 9.10. The molecule has 0 atom stereocenters. The van der Waals surface area contributed by atoms with Gasteiger partial charge in [0.15, 0.2) is 0 Å². The second kappa shape index (κ2) is 6.77. The Labute approximate surface area is 112 Å². The minimum atomic E-state index is -3.21. The van der Waals surface area contributed by atoms with E-state index < -0.39 is 25.0 Å². The van der Waals surface area contributed by atoms with Crippen LogP contribution in [0.2, 0.25) is 0 Å². The summed E-state index contributed by atoms with van der Waals surface area (Å²) in [4.78, 5) is 11.4. The van der Waals surface area contributed by atoms with E-state index >= 15 is 0 Å². The van der Waals surface area contributed by atoms with Crippen LogP contribution >= 0.6 is 15.9 Å². The van der Waals surface area contributed by atoms with Crippen LogP contribution in [0, 0.1) is 0 Å². The van der Waals surface area contributed by atoms with Gasteiger partial charge in [0.25, 0.3) is 5.92 Å². The standard InChI is InChI=1S/C11H13BrF2N2O2/c12-8-1-3-9(4-2-8)16-10(18)5-15-6-11(13,14)7-17/h1-4,15,17H,5-7H2,(H,16,18). The number of rotatable bonds is 6. The maximum Gasteiger partial charge on any atom is 0.282 e. The highest BCUT2D eigenvalue weighted by atomic mass is 79.9. The van der Waals surface area contributed by atoms with Gasteiger partial charge in [-0.2, -0.15) is 0 Å². The molecule has 0 saturated carbocycles. The number of carbonyl (C=O) groups is 1. The number of hydrogen-bond acceptors (Lipinski definition) is 3. The van der Waals surface area contributed by atoms with Crippen molar-refractivity contribution in [3.05, 3.63) is 28.7 Å². The molecule has 0 bridgehead atoms. The first-order valence-corrected chi connectivity index (χ1v) is 5.97. The number of amides is 1. The van der Waals surface area contributed by atoms with Gasteiger partial charge in [-0.05, 0) is 24.3 Å². The lowest BCUT2D eigenvalue weighted by Gasteiger charge is -2.13. The highest BCUT2D eigenvalue weighted by Gasteiger charge is 2.27. The van der Waals surface area contributed by atoms with Crippen molar-refractivity contribution in [1.29, 1.82) is 0 Å². The lowest BCUT2D eigenvalue weighted by Crippen LogP contribution is -2.39. The zero-order chi connectivity index (χ0) is 13.6. The molecule has 0 fully saturated rings. The number of carbonyl (C=O) groups excluding carboxylic acids is 1. The van der Waals surface area contributed by atoms with Crippen molar-refractivity contribution in [3.63, 3.8) is 0 Å². The van der Waals surface area contributed by atoms with E-state index in [2.05, 4.69) is 26.6 Å². The first kappa shape index (κ1) is 15.0. The second-order valence-corrected chi connectivity index (χ2v) is 4.59. The summed E-state index contributed by atoms with van der Waals surface area (Å²) < 4.78 is 26.1. The fourth-order valence-corrected chi connectivity index (χ4v) is 1.42. The molecule has 1 rings (SSSR count). The van der Waals surface area contributed by atoms with Gasteiger partial charge in [0.05, 0.1) is 13.1 Å². The van der Waals surface area contributed by atoms with E-state index in [4.69, 9.17) is 5.11 Å². The quantitative estimate of drug-likeness (QED) is 0.745. The van der Waals surface area contributed by atoms with E-state index in [1.165, 1.54) is 0 Å². The van der Waals surface area contributed by atoms with Crippen LogP contribution in [0.1, 0.15) is 0 Å². The third-order valence-electron chi connectivity index (χ3n) is 2.03. The molecule has 1 aromatic carbocycles. The van der Waals surface area contributed by atoms with Crippen LogP contribution in [0.25, 0.3) is 0 Å². The van der Waals surface area contributed by atoms with Crippen molar-refractivity contribution in [2.45, 2.75) is 5.92 Å². The molecule has 0 aromatic heterocycles. The van der Waals surface area contributed by atoms with Gasteiger partial charge in [0.2, 0.25) is 5.91 Å². The average Bonchev–Trinajstić information content (AvgIpc) is 2.32. The third kappa shape index (κ3) is 5.52. The number of anilines is 1. The molecular weight excluding hydrogens is 310 g/mol. The van der Waals surface area contributed by atoms with Crippen molar-refractivity contribution >= 4 is 27.5 Å². The molecule has 0 aliphatic heterocycles. The molecule has 3 N–H and O–H groups in total. The summed E-state index contributed by atoms with van der Waals surface area (Å²) in [5, 5.41) is 13.1. The van der Waals surface area contributed by atoms with Crippen LogP contribution < -0.4 is 10.6 Å². The molecule has 7 heteroatoms. The molecule has 0 heterocycles. The maximum absolute atomic E-state index is 12.6. The number of alkyl halides is 2. The predicted octanol–water partition coefficient (Wildman–Crippen LogP) is 1.60. The minimum Gasteiger partial charge on any atom is -0.390 e. The topological polar surface area (TPSA) is 61.4 Å². The van der Waals surface area contributed by atoms with E-state index in [1.54, 1.807) is 24.3 Å². The van der Waals surface area contributed by atoms with Crippen LogP contribution in [0.5, 0.6) is 0 Å². The number of aliphatic hydroxyl groups excluding tert-OH is 1. The smallest absolute Gasteiger partial charge is 0.282 e. The van der Waals surface area contributed by atoms with Gasteiger partial charge in [0, 0.05) is 10.2 Å². The SMILES string of the molecule is O=C(CNCC(F)(F)CO)Nc1ccc(Br)cc1. The fourth-order valence-electron chi connectivity index (χ4n) is 1.15. The average molecular weight is 323 g/mol. The third-order valence-corrected chi connectivity index (χ3v) is 2.56. The molecule has 18 heavy (non-hydrogen) atoms. The summed E-state index contributed by atoms with van der Waals surface area (Å²) in [5.41, 5.74) is 0.582. The van der Waals surface area contributed by atoms with Gasteiger partial charge in [-0.1, -0.05) is 15.9 Å². The Hall–Kier alpha value is -1.05. The van der Waals surface area contributed by atoms with E-state index in [-0.39, 0.29) is 6.54 Å². The Morgan fingerprint density at radius 3 is 2.50 bits per heavy atom. The molecule has 100 valence electrons. The van der Waals surface area contributed by atoms with E-state index in [9.17, 15) is 13.6 Å². The Bertz CT molecular complexity index is 399. The lowest BCUT2D eigenvalue weighted by atomic mass is 10.3. The van der Waals surface area contributed by atoms with Crippen LogP contribution in [-0.2, 0) is 4.79 Å². The first-order chi connectivity index (χ1) is 8.43. The Morgan fingerprint density at radius 1 is 1.33 bits per heavy atom. The number of benzene rings is 1. The van der Waals surface area contributed by atoms with Crippen molar-refractivity contribution in [1.82, 2.24) is 5.32 Å². The summed E-state index contributed by atoms with van der Waals surface area (Å²) in [5.74, 6) is -3.64. The van der Waals surface area contributed by atoms with Crippen LogP contribution in [-0.4, -0.2) is 36.6 Å². The molecule has 0 radical (unpaired) electrons. The molecule has 0 unspecified atom stereocenters. The summed E-state index contributed by atoms with van der Waals surface area (Å²) in [6.07, 6.45) is 0. The van der Waals surface area contributed by atoms with Gasteiger partial charge >= 0.3 is 0 Å². The molecule has 1 amide bonds. The van der Waals surface area contributed by atoms with Crippen LogP contribution in [0.15, 0.2) is 28.7 Å². The zero-order valence-corrected chi connectivity index (χ0v) is 11.0. The number of halogens is 3. The molecule has 0 aliphatic carbocycles. The Kier molecular flexibility index (Phi) is 5.64. The largest absolute Gasteiger partial charge is 0.390 e. The van der Waals surface area contributed by atoms with Crippen molar-refractivity contribution in [2.24, 2.45) is 0 Å². The van der Waals surface area contributed by atoms with Crippen molar-refractivity contribution < 1.29 is 18.7 Å². The molecule has 0 saturated heterocycles. The molecule has 0 spiro atoms. The fraction of sp³-hybridized carbons (Fsp3) is 0.364. The lowest BCUT2D eigenvalue weighted by molar-refractivity contribution is -0.115. The number of hydrogen-bond donors (Lipinski definition) is 3. The summed E-state index contributed by atoms with van der Waals surface area (Å²) in [7, 11) is 0.